The van der Waals surface area contributed by atoms with Crippen LogP contribution < -0.4 is 0 Å². The SMILES string of the molecule is Cc1ccc(S(=O)(=O)N2CCCC2c2cc(C)no2)cc1. The normalized spacial score (nSPS) is 20.0. The summed E-state index contributed by atoms with van der Waals surface area (Å²) in [6, 6.07) is 8.51. The van der Waals surface area contributed by atoms with Gasteiger partial charge in [0.2, 0.25) is 10.0 Å². The van der Waals surface area contributed by atoms with E-state index in [1.54, 1.807) is 12.1 Å². The zero-order valence-corrected chi connectivity index (χ0v) is 12.9. The van der Waals surface area contributed by atoms with E-state index in [2.05, 4.69) is 5.16 Å². The predicted octanol–water partition coefficient (Wildman–Crippen LogP) is 2.82. The van der Waals surface area contributed by atoms with Crippen LogP contribution in [0.2, 0.25) is 0 Å². The largest absolute Gasteiger partial charge is 0.359 e. The maximum absolute atomic E-state index is 12.8. The van der Waals surface area contributed by atoms with Crippen molar-refractivity contribution in [3.63, 3.8) is 0 Å². The minimum Gasteiger partial charge on any atom is -0.359 e. The molecule has 1 unspecified atom stereocenters. The molecule has 2 aromatic rings. The molecule has 1 aliphatic rings. The molecule has 1 atom stereocenters. The standard InChI is InChI=1S/C15H18N2O3S/c1-11-5-7-13(8-6-11)21(18,19)17-9-3-4-14(17)15-10-12(2)16-20-15/h5-8,10,14H,3-4,9H2,1-2H3. The van der Waals surface area contributed by atoms with E-state index in [-0.39, 0.29) is 6.04 Å². The summed E-state index contributed by atoms with van der Waals surface area (Å²) >= 11 is 0. The van der Waals surface area contributed by atoms with Crippen molar-refractivity contribution in [3.05, 3.63) is 47.3 Å². The Morgan fingerprint density at radius 3 is 2.57 bits per heavy atom. The third kappa shape index (κ3) is 2.61. The second kappa shape index (κ2) is 5.27. The fraction of sp³-hybridized carbons (Fsp3) is 0.400. The number of hydrogen-bond acceptors (Lipinski definition) is 4. The summed E-state index contributed by atoms with van der Waals surface area (Å²) in [6.07, 6.45) is 1.59. The summed E-state index contributed by atoms with van der Waals surface area (Å²) in [5.74, 6) is 0.626. The highest BCUT2D eigenvalue weighted by Crippen LogP contribution is 2.36. The minimum absolute atomic E-state index is 0.252. The zero-order chi connectivity index (χ0) is 15.0. The van der Waals surface area contributed by atoms with Gasteiger partial charge in [-0.3, -0.25) is 0 Å². The lowest BCUT2D eigenvalue weighted by molar-refractivity contribution is 0.297. The van der Waals surface area contributed by atoms with Gasteiger partial charge in [-0.05, 0) is 38.8 Å². The number of nitrogens with zero attached hydrogens (tertiary/aromatic N) is 2. The lowest BCUT2D eigenvalue weighted by atomic mass is 10.2. The summed E-state index contributed by atoms with van der Waals surface area (Å²) in [4.78, 5) is 0.330. The van der Waals surface area contributed by atoms with E-state index in [4.69, 9.17) is 4.52 Å². The van der Waals surface area contributed by atoms with Crippen LogP contribution in [0.4, 0.5) is 0 Å². The highest BCUT2D eigenvalue weighted by atomic mass is 32.2. The maximum Gasteiger partial charge on any atom is 0.243 e. The van der Waals surface area contributed by atoms with Gasteiger partial charge in [-0.15, -0.1) is 0 Å². The summed E-state index contributed by atoms with van der Waals surface area (Å²) in [5.41, 5.74) is 1.81. The van der Waals surface area contributed by atoms with Gasteiger partial charge >= 0.3 is 0 Å². The van der Waals surface area contributed by atoms with Crippen molar-refractivity contribution in [2.75, 3.05) is 6.54 Å². The molecule has 0 N–H and O–H groups in total. The number of benzene rings is 1. The first-order valence-electron chi connectivity index (χ1n) is 7.00. The van der Waals surface area contributed by atoms with Crippen LogP contribution in [0.25, 0.3) is 0 Å². The number of aryl methyl sites for hydroxylation is 2. The molecule has 5 nitrogen and oxygen atoms in total. The monoisotopic (exact) mass is 306 g/mol. The van der Waals surface area contributed by atoms with Crippen LogP contribution in [0.1, 0.15) is 35.9 Å². The van der Waals surface area contributed by atoms with E-state index < -0.39 is 10.0 Å². The molecule has 0 bridgehead atoms. The van der Waals surface area contributed by atoms with Crippen molar-refractivity contribution in [2.24, 2.45) is 0 Å². The molecule has 1 aliphatic heterocycles. The van der Waals surface area contributed by atoms with Crippen molar-refractivity contribution in [3.8, 4) is 0 Å². The van der Waals surface area contributed by atoms with Crippen LogP contribution >= 0.6 is 0 Å². The van der Waals surface area contributed by atoms with Gasteiger partial charge < -0.3 is 4.52 Å². The average Bonchev–Trinajstić information content (AvgIpc) is 3.07. The number of aromatic nitrogens is 1. The van der Waals surface area contributed by atoms with Gasteiger partial charge in [-0.25, -0.2) is 8.42 Å². The first-order chi connectivity index (χ1) is 9.98. The fourth-order valence-electron chi connectivity index (χ4n) is 2.70. The quantitative estimate of drug-likeness (QED) is 0.874. The van der Waals surface area contributed by atoms with Gasteiger partial charge in [0, 0.05) is 12.6 Å². The lowest BCUT2D eigenvalue weighted by Gasteiger charge is -2.22. The Balaban J connectivity index is 1.96. The minimum atomic E-state index is -3.50. The van der Waals surface area contributed by atoms with E-state index in [1.807, 2.05) is 32.0 Å². The van der Waals surface area contributed by atoms with Gasteiger partial charge in [0.25, 0.3) is 0 Å². The Morgan fingerprint density at radius 2 is 1.95 bits per heavy atom. The van der Waals surface area contributed by atoms with Crippen LogP contribution in [-0.4, -0.2) is 24.4 Å². The molecule has 1 aromatic heterocycles. The van der Waals surface area contributed by atoms with Gasteiger partial charge in [0.15, 0.2) is 5.76 Å². The van der Waals surface area contributed by atoms with Gasteiger partial charge in [-0.2, -0.15) is 4.31 Å². The fourth-order valence-corrected chi connectivity index (χ4v) is 4.36. The van der Waals surface area contributed by atoms with E-state index in [0.29, 0.717) is 17.2 Å². The van der Waals surface area contributed by atoms with Gasteiger partial charge in [0.05, 0.1) is 16.6 Å². The number of sulfonamides is 1. The average molecular weight is 306 g/mol. The molecule has 1 fully saturated rings. The van der Waals surface area contributed by atoms with E-state index in [1.165, 1.54) is 4.31 Å². The molecule has 0 aliphatic carbocycles. The highest BCUT2D eigenvalue weighted by molar-refractivity contribution is 7.89. The third-order valence-corrected chi connectivity index (χ3v) is 5.73. The molecule has 3 rings (SSSR count). The van der Waals surface area contributed by atoms with Crippen molar-refractivity contribution >= 4 is 10.0 Å². The Bertz CT molecular complexity index is 735. The number of hydrogen-bond donors (Lipinski definition) is 0. The number of rotatable bonds is 3. The molecule has 1 aromatic carbocycles. The summed E-state index contributed by atoms with van der Waals surface area (Å²) in [5, 5.41) is 3.87. The van der Waals surface area contributed by atoms with Crippen LogP contribution in [-0.2, 0) is 10.0 Å². The van der Waals surface area contributed by atoms with E-state index in [9.17, 15) is 8.42 Å². The Labute approximate surface area is 124 Å². The molecular formula is C15H18N2O3S. The molecule has 21 heavy (non-hydrogen) atoms. The topological polar surface area (TPSA) is 63.4 Å². The first kappa shape index (κ1) is 14.3. The Morgan fingerprint density at radius 1 is 1.24 bits per heavy atom. The van der Waals surface area contributed by atoms with Crippen molar-refractivity contribution in [1.29, 1.82) is 0 Å². The molecule has 0 spiro atoms. The van der Waals surface area contributed by atoms with Gasteiger partial charge in [-0.1, -0.05) is 22.9 Å². The summed E-state index contributed by atoms with van der Waals surface area (Å²) < 4.78 is 32.4. The van der Waals surface area contributed by atoms with Crippen LogP contribution in [0.15, 0.2) is 39.8 Å². The van der Waals surface area contributed by atoms with Crippen molar-refractivity contribution in [1.82, 2.24) is 9.46 Å². The molecule has 0 radical (unpaired) electrons. The zero-order valence-electron chi connectivity index (χ0n) is 12.1. The molecule has 0 amide bonds. The molecule has 2 heterocycles. The molecule has 6 heteroatoms. The molecular weight excluding hydrogens is 288 g/mol. The first-order valence-corrected chi connectivity index (χ1v) is 8.44. The third-order valence-electron chi connectivity index (χ3n) is 3.81. The second-order valence-corrected chi connectivity index (χ2v) is 7.35. The van der Waals surface area contributed by atoms with Gasteiger partial charge in [0.1, 0.15) is 0 Å². The lowest BCUT2D eigenvalue weighted by Crippen LogP contribution is -2.30. The van der Waals surface area contributed by atoms with Crippen LogP contribution in [0.3, 0.4) is 0 Å². The Hall–Kier alpha value is -1.66. The van der Waals surface area contributed by atoms with E-state index in [0.717, 1.165) is 24.1 Å². The predicted molar refractivity (Wildman–Crippen MR) is 78.3 cm³/mol. The maximum atomic E-state index is 12.8. The van der Waals surface area contributed by atoms with Crippen LogP contribution in [0, 0.1) is 13.8 Å². The molecule has 0 saturated carbocycles. The molecule has 112 valence electrons. The second-order valence-electron chi connectivity index (χ2n) is 5.46. The molecule has 1 saturated heterocycles. The van der Waals surface area contributed by atoms with Crippen molar-refractivity contribution in [2.45, 2.75) is 37.6 Å². The van der Waals surface area contributed by atoms with Crippen LogP contribution in [0.5, 0.6) is 0 Å². The highest BCUT2D eigenvalue weighted by Gasteiger charge is 2.38. The summed E-state index contributed by atoms with van der Waals surface area (Å²) in [7, 11) is -3.50. The smallest absolute Gasteiger partial charge is 0.243 e. The van der Waals surface area contributed by atoms with Crippen molar-refractivity contribution < 1.29 is 12.9 Å². The van der Waals surface area contributed by atoms with E-state index >= 15 is 0 Å². The summed E-state index contributed by atoms with van der Waals surface area (Å²) in [6.45, 7) is 4.29. The Kier molecular flexibility index (Phi) is 3.59.